The summed E-state index contributed by atoms with van der Waals surface area (Å²) in [4.78, 5) is 37.3. The van der Waals surface area contributed by atoms with Gasteiger partial charge in [-0.05, 0) is 103 Å². The molecule has 0 saturated carbocycles. The van der Waals surface area contributed by atoms with E-state index in [0.717, 1.165) is 122 Å². The molecule has 9 heteroatoms. The maximum atomic E-state index is 12.9. The molecule has 0 aliphatic rings. The molecule has 2 unspecified atom stereocenters. The highest BCUT2D eigenvalue weighted by Crippen LogP contribution is 2.15. The Bertz CT molecular complexity index is 1820. The van der Waals surface area contributed by atoms with Crippen molar-refractivity contribution in [3.8, 4) is 0 Å². The van der Waals surface area contributed by atoms with Crippen LogP contribution in [0.1, 0.15) is 226 Å². The topological polar surface area (TPSA) is 111 Å². The van der Waals surface area contributed by atoms with Crippen molar-refractivity contribution in [1.82, 2.24) is 0 Å². The monoisotopic (exact) mass is 1110 g/mol. The Morgan fingerprint density at radius 3 is 1.06 bits per heavy atom. The number of hydrogen-bond donors (Lipinski definition) is 0. The Labute approximate surface area is 490 Å². The van der Waals surface area contributed by atoms with Gasteiger partial charge in [0.25, 0.3) is 0 Å². The lowest BCUT2D eigenvalue weighted by Crippen LogP contribution is -2.44. The quantitative estimate of drug-likeness (QED) is 0.0195. The van der Waals surface area contributed by atoms with Gasteiger partial charge >= 0.3 is 11.9 Å². The van der Waals surface area contributed by atoms with Crippen LogP contribution in [0.25, 0.3) is 0 Å². The molecule has 0 aliphatic heterocycles. The summed E-state index contributed by atoms with van der Waals surface area (Å²) in [6.45, 7) is 4.59. The van der Waals surface area contributed by atoms with Crippen molar-refractivity contribution in [1.29, 1.82) is 0 Å². The lowest BCUT2D eigenvalue weighted by molar-refractivity contribution is -0.870. The molecule has 0 heterocycles. The number of rotatable bonds is 56. The number of carbonyl (C=O) groups is 3. The Morgan fingerprint density at radius 2 is 0.713 bits per heavy atom. The van der Waals surface area contributed by atoms with Crippen molar-refractivity contribution in [3.05, 3.63) is 146 Å². The van der Waals surface area contributed by atoms with Gasteiger partial charge in [-0.2, -0.15) is 0 Å². The van der Waals surface area contributed by atoms with Gasteiger partial charge in [-0.15, -0.1) is 0 Å². The predicted octanol–water partition coefficient (Wildman–Crippen LogP) is 17.8. The highest BCUT2D eigenvalue weighted by atomic mass is 16.7. The SMILES string of the molecule is CC/C=C\C/C=C\C/C=C\C/C=C\C/C=C\C/C=C\C/C=C\C/C=C\C/C=C\C/C=C\C/C=C\C/C=C\CCCCCCC(=O)OC(COC(=O)CCCCCCCCCCCCCCCC)COC(OCC[N+](C)(C)C)C(=O)[O-]. The van der Waals surface area contributed by atoms with E-state index in [1.54, 1.807) is 0 Å². The third-order valence-corrected chi connectivity index (χ3v) is 12.9. The van der Waals surface area contributed by atoms with Crippen LogP contribution >= 0.6 is 0 Å². The second-order valence-corrected chi connectivity index (χ2v) is 21.6. The van der Waals surface area contributed by atoms with Crippen molar-refractivity contribution in [3.63, 3.8) is 0 Å². The smallest absolute Gasteiger partial charge is 0.306 e. The summed E-state index contributed by atoms with van der Waals surface area (Å²) in [5.74, 6) is -2.33. The van der Waals surface area contributed by atoms with Gasteiger partial charge in [-0.3, -0.25) is 9.59 Å². The zero-order valence-corrected chi connectivity index (χ0v) is 51.4. The van der Waals surface area contributed by atoms with Gasteiger partial charge in [0, 0.05) is 12.8 Å². The first-order valence-corrected chi connectivity index (χ1v) is 31.5. The number of carbonyl (C=O) groups excluding carboxylic acids is 3. The molecular formula is C71H115NO8. The van der Waals surface area contributed by atoms with E-state index in [-0.39, 0.29) is 38.6 Å². The summed E-state index contributed by atoms with van der Waals surface area (Å²) in [6, 6.07) is 0. The number of nitrogens with zero attached hydrogens (tertiary/aromatic N) is 1. The van der Waals surface area contributed by atoms with Crippen molar-refractivity contribution in [2.24, 2.45) is 0 Å². The first kappa shape index (κ1) is 75.2. The normalized spacial score (nSPS) is 13.8. The summed E-state index contributed by atoms with van der Waals surface area (Å²) < 4.78 is 22.6. The van der Waals surface area contributed by atoms with Gasteiger partial charge in [0.2, 0.25) is 0 Å². The van der Waals surface area contributed by atoms with Crippen LogP contribution in [0, 0.1) is 0 Å². The Morgan fingerprint density at radius 1 is 0.388 bits per heavy atom. The molecule has 0 amide bonds. The third-order valence-electron chi connectivity index (χ3n) is 12.9. The summed E-state index contributed by atoms with van der Waals surface area (Å²) >= 11 is 0. The minimum absolute atomic E-state index is 0.136. The predicted molar refractivity (Wildman–Crippen MR) is 338 cm³/mol. The number of unbranched alkanes of at least 4 members (excludes halogenated alkanes) is 17. The van der Waals surface area contributed by atoms with Crippen LogP contribution in [0.5, 0.6) is 0 Å². The van der Waals surface area contributed by atoms with Crippen molar-refractivity contribution in [2.75, 3.05) is 47.5 Å². The molecule has 0 saturated heterocycles. The van der Waals surface area contributed by atoms with E-state index >= 15 is 0 Å². The highest BCUT2D eigenvalue weighted by molar-refractivity contribution is 5.70. The summed E-state index contributed by atoms with van der Waals surface area (Å²) in [6.07, 6.45) is 84.8. The Hall–Kier alpha value is -4.83. The Balaban J connectivity index is 4.23. The first-order chi connectivity index (χ1) is 39.1. The maximum Gasteiger partial charge on any atom is 0.306 e. The van der Waals surface area contributed by atoms with E-state index in [4.69, 9.17) is 18.9 Å². The fraction of sp³-hybridized carbons (Fsp3) is 0.620. The molecule has 0 spiro atoms. The average Bonchev–Trinajstić information content (AvgIpc) is 3.43. The molecule has 0 aromatic rings. The van der Waals surface area contributed by atoms with E-state index in [2.05, 4.69) is 160 Å². The molecule has 0 aliphatic carbocycles. The molecular weight excluding hydrogens is 995 g/mol. The molecule has 452 valence electrons. The fourth-order valence-corrected chi connectivity index (χ4v) is 8.05. The lowest BCUT2D eigenvalue weighted by Gasteiger charge is -2.26. The van der Waals surface area contributed by atoms with Crippen LogP contribution in [-0.4, -0.2) is 82.3 Å². The number of hydrogen-bond acceptors (Lipinski definition) is 8. The molecule has 0 N–H and O–H groups in total. The number of aliphatic carboxylic acids is 1. The van der Waals surface area contributed by atoms with E-state index < -0.39 is 24.3 Å². The number of ether oxygens (including phenoxy) is 4. The second kappa shape index (κ2) is 60.3. The number of esters is 2. The van der Waals surface area contributed by atoms with Gasteiger partial charge < -0.3 is 33.3 Å². The molecule has 0 radical (unpaired) electrons. The minimum atomic E-state index is -1.64. The summed E-state index contributed by atoms with van der Waals surface area (Å²) in [5, 5.41) is 11.8. The van der Waals surface area contributed by atoms with Gasteiger partial charge in [-0.1, -0.05) is 256 Å². The van der Waals surface area contributed by atoms with Crippen LogP contribution in [0.15, 0.2) is 146 Å². The van der Waals surface area contributed by atoms with E-state index in [1.165, 1.54) is 70.6 Å². The van der Waals surface area contributed by atoms with Gasteiger partial charge in [0.05, 0.1) is 40.3 Å². The zero-order chi connectivity index (χ0) is 58.3. The molecule has 0 aromatic heterocycles. The molecule has 0 aromatic carbocycles. The second-order valence-electron chi connectivity index (χ2n) is 21.6. The molecule has 0 fully saturated rings. The number of carboxylic acids is 1. The number of quaternary nitrogens is 1. The third kappa shape index (κ3) is 60.8. The first-order valence-electron chi connectivity index (χ1n) is 31.5. The average molecular weight is 1110 g/mol. The van der Waals surface area contributed by atoms with Crippen molar-refractivity contribution >= 4 is 17.9 Å². The van der Waals surface area contributed by atoms with Crippen molar-refractivity contribution < 1.29 is 42.9 Å². The molecule has 2 atom stereocenters. The number of carboxylic acid groups (broad SMARTS) is 1. The van der Waals surface area contributed by atoms with Crippen LogP contribution < -0.4 is 5.11 Å². The molecule has 9 nitrogen and oxygen atoms in total. The van der Waals surface area contributed by atoms with Crippen LogP contribution in [-0.2, 0) is 33.3 Å². The maximum absolute atomic E-state index is 12.9. The van der Waals surface area contributed by atoms with Gasteiger partial charge in [-0.25, -0.2) is 0 Å². The number of allylic oxidation sites excluding steroid dienone is 24. The lowest BCUT2D eigenvalue weighted by atomic mass is 10.0. The van der Waals surface area contributed by atoms with E-state index in [9.17, 15) is 19.5 Å². The van der Waals surface area contributed by atoms with Gasteiger partial charge in [0.15, 0.2) is 12.4 Å². The standard InChI is InChI=1S/C71H115NO8/c1-6-8-10-12-14-16-18-20-22-23-24-25-26-27-28-29-30-31-32-33-34-35-36-37-38-39-40-41-42-43-44-45-46-47-48-50-52-54-56-58-60-62-69(74)80-67(66-79-71(70(75)76)77-64-63-72(3,4)5)65-78-68(73)61-59-57-55-53-51-49-21-19-17-15-13-11-9-7-2/h8,10,14,16,20,22,24-25,27-28,30-31,33-34,36-37,39-40,42-43,45-46,48,50,67,71H,6-7,9,11-13,15,17-19,21,23,26,29,32,35,38,41,44,47,49,51-66H2,1-5H3/b10-8-,16-14-,22-20-,25-24-,28-27-,31-30-,34-33-,37-36-,40-39-,43-42-,46-45-,50-48-. The molecule has 0 bridgehead atoms. The van der Waals surface area contributed by atoms with Crippen LogP contribution in [0.4, 0.5) is 0 Å². The summed E-state index contributed by atoms with van der Waals surface area (Å²) in [7, 11) is 5.90. The Kier molecular flexibility index (Phi) is 56.6. The van der Waals surface area contributed by atoms with Crippen LogP contribution in [0.3, 0.4) is 0 Å². The van der Waals surface area contributed by atoms with E-state index in [1.807, 2.05) is 21.1 Å². The number of likely N-dealkylation sites (N-methyl/N-ethyl adjacent to an activating group) is 1. The summed E-state index contributed by atoms with van der Waals surface area (Å²) in [5.41, 5.74) is 0. The van der Waals surface area contributed by atoms with Crippen LogP contribution in [0.2, 0.25) is 0 Å². The largest absolute Gasteiger partial charge is 0.545 e. The van der Waals surface area contributed by atoms with E-state index in [0.29, 0.717) is 17.4 Å². The molecule has 80 heavy (non-hydrogen) atoms. The zero-order valence-electron chi connectivity index (χ0n) is 51.4. The van der Waals surface area contributed by atoms with Gasteiger partial charge in [0.1, 0.15) is 13.2 Å². The fourth-order valence-electron chi connectivity index (χ4n) is 8.05. The molecule has 0 rings (SSSR count). The minimum Gasteiger partial charge on any atom is -0.545 e. The highest BCUT2D eigenvalue weighted by Gasteiger charge is 2.22. The van der Waals surface area contributed by atoms with Crippen molar-refractivity contribution in [2.45, 2.75) is 238 Å².